The van der Waals surface area contributed by atoms with E-state index in [1.165, 1.54) is 0 Å². The first-order valence-corrected chi connectivity index (χ1v) is 6.19. The van der Waals surface area contributed by atoms with Crippen molar-refractivity contribution in [1.82, 2.24) is 9.80 Å². The highest BCUT2D eigenvalue weighted by molar-refractivity contribution is 5.85. The Hall–Kier alpha value is -0.410. The lowest BCUT2D eigenvalue weighted by molar-refractivity contribution is -0.122. The molecule has 0 aromatic heterocycles. The summed E-state index contributed by atoms with van der Waals surface area (Å²) < 4.78 is 0. The maximum absolute atomic E-state index is 11.6. The summed E-state index contributed by atoms with van der Waals surface area (Å²) in [6.45, 7) is 8.90. The lowest BCUT2D eigenvalue weighted by Gasteiger charge is -2.39. The van der Waals surface area contributed by atoms with Crippen LogP contribution >= 0.6 is 0 Å². The molecular formula is C12H22N2O. The second kappa shape index (κ2) is 4.62. The number of carbonyl (C=O) groups excluding carboxylic acids is 1. The number of hydrogen-bond acceptors (Lipinski definition) is 3. The van der Waals surface area contributed by atoms with Gasteiger partial charge in [0.1, 0.15) is 5.78 Å². The molecule has 3 nitrogen and oxygen atoms in total. The van der Waals surface area contributed by atoms with E-state index in [9.17, 15) is 4.79 Å². The zero-order chi connectivity index (χ0) is 10.8. The monoisotopic (exact) mass is 210 g/mol. The van der Waals surface area contributed by atoms with Gasteiger partial charge >= 0.3 is 0 Å². The van der Waals surface area contributed by atoms with Crippen LogP contribution < -0.4 is 0 Å². The van der Waals surface area contributed by atoms with Crippen molar-refractivity contribution >= 4 is 5.78 Å². The fourth-order valence-electron chi connectivity index (χ4n) is 2.75. The second-order valence-electron chi connectivity index (χ2n) is 5.04. The number of Topliss-reactive ketones (excluding diaryl/α,β-unsaturated/α-hetero) is 1. The predicted octanol–water partition coefficient (Wildman–Crippen LogP) is 1.13. The molecule has 0 N–H and O–H groups in total. The van der Waals surface area contributed by atoms with Crippen LogP contribution in [0.5, 0.6) is 0 Å². The summed E-state index contributed by atoms with van der Waals surface area (Å²) in [5.74, 6) is 0.480. The molecule has 1 heterocycles. The van der Waals surface area contributed by atoms with Gasteiger partial charge < -0.3 is 0 Å². The molecule has 2 fully saturated rings. The van der Waals surface area contributed by atoms with Crippen LogP contribution in [-0.4, -0.2) is 53.8 Å². The molecule has 86 valence electrons. The zero-order valence-electron chi connectivity index (χ0n) is 9.91. The first kappa shape index (κ1) is 11.1. The number of piperazine rings is 1. The van der Waals surface area contributed by atoms with E-state index in [2.05, 4.69) is 23.6 Å². The molecule has 0 spiro atoms. The minimum Gasteiger partial charge on any atom is -0.298 e. The highest BCUT2D eigenvalue weighted by atomic mass is 16.1. The van der Waals surface area contributed by atoms with Crippen molar-refractivity contribution in [2.24, 2.45) is 0 Å². The van der Waals surface area contributed by atoms with Gasteiger partial charge in [-0.25, -0.2) is 0 Å². The number of hydrogen-bond donors (Lipinski definition) is 0. The second-order valence-corrected chi connectivity index (χ2v) is 5.04. The molecule has 1 aliphatic heterocycles. The highest BCUT2D eigenvalue weighted by Gasteiger charge is 2.32. The third-order valence-electron chi connectivity index (χ3n) is 3.79. The van der Waals surface area contributed by atoms with E-state index < -0.39 is 0 Å². The van der Waals surface area contributed by atoms with E-state index in [1.807, 2.05) is 0 Å². The van der Waals surface area contributed by atoms with E-state index in [4.69, 9.17) is 0 Å². The fourth-order valence-corrected chi connectivity index (χ4v) is 2.75. The molecule has 0 radical (unpaired) electrons. The van der Waals surface area contributed by atoms with Crippen molar-refractivity contribution in [2.75, 3.05) is 26.2 Å². The quantitative estimate of drug-likeness (QED) is 0.683. The molecule has 1 saturated carbocycles. The minimum atomic E-state index is 0.263. The lowest BCUT2D eigenvalue weighted by Crippen LogP contribution is -2.53. The maximum atomic E-state index is 11.6. The number of rotatable bonds is 2. The van der Waals surface area contributed by atoms with E-state index in [1.54, 1.807) is 0 Å². The summed E-state index contributed by atoms with van der Waals surface area (Å²) >= 11 is 0. The number of nitrogens with zero attached hydrogens (tertiary/aromatic N) is 2. The van der Waals surface area contributed by atoms with Crippen LogP contribution in [0.3, 0.4) is 0 Å². The Labute approximate surface area is 92.4 Å². The Bertz CT molecular complexity index is 232. The fraction of sp³-hybridized carbons (Fsp3) is 0.917. The van der Waals surface area contributed by atoms with Crippen molar-refractivity contribution in [3.8, 4) is 0 Å². The third kappa shape index (κ3) is 2.40. The molecule has 2 rings (SSSR count). The first-order valence-electron chi connectivity index (χ1n) is 6.19. The van der Waals surface area contributed by atoms with Crippen molar-refractivity contribution < 1.29 is 4.79 Å². The number of carbonyl (C=O) groups is 1. The molecule has 0 bridgehead atoms. The molecule has 3 heteroatoms. The predicted molar refractivity (Wildman–Crippen MR) is 60.9 cm³/mol. The van der Waals surface area contributed by atoms with Gasteiger partial charge in [-0.1, -0.05) is 0 Å². The lowest BCUT2D eigenvalue weighted by atomic mass is 10.1. The summed E-state index contributed by atoms with van der Waals surface area (Å²) in [4.78, 5) is 16.5. The van der Waals surface area contributed by atoms with Crippen LogP contribution in [0.2, 0.25) is 0 Å². The Morgan fingerprint density at radius 2 is 1.87 bits per heavy atom. The Kier molecular flexibility index (Phi) is 3.42. The largest absolute Gasteiger partial charge is 0.298 e. The smallest absolute Gasteiger partial charge is 0.149 e. The van der Waals surface area contributed by atoms with Crippen LogP contribution in [0, 0.1) is 0 Å². The maximum Gasteiger partial charge on any atom is 0.149 e. The van der Waals surface area contributed by atoms with Crippen LogP contribution in [0.1, 0.15) is 33.1 Å². The summed E-state index contributed by atoms with van der Waals surface area (Å²) in [5, 5.41) is 0. The highest BCUT2D eigenvalue weighted by Crippen LogP contribution is 2.21. The van der Waals surface area contributed by atoms with Crippen LogP contribution in [0.25, 0.3) is 0 Å². The normalized spacial score (nSPS) is 30.3. The van der Waals surface area contributed by atoms with Crippen molar-refractivity contribution in [1.29, 1.82) is 0 Å². The van der Waals surface area contributed by atoms with Gasteiger partial charge in [0.15, 0.2) is 0 Å². The minimum absolute atomic E-state index is 0.263. The SMILES string of the molecule is CC(C)N1CCN(C2CCCC2=O)CC1. The van der Waals surface area contributed by atoms with Crippen molar-refractivity contribution in [3.05, 3.63) is 0 Å². The van der Waals surface area contributed by atoms with Crippen molar-refractivity contribution in [3.63, 3.8) is 0 Å². The van der Waals surface area contributed by atoms with Gasteiger partial charge in [0.05, 0.1) is 6.04 Å². The van der Waals surface area contributed by atoms with Gasteiger partial charge in [-0.15, -0.1) is 0 Å². The molecule has 0 amide bonds. The topological polar surface area (TPSA) is 23.6 Å². The van der Waals surface area contributed by atoms with Gasteiger partial charge in [-0.3, -0.25) is 14.6 Å². The Morgan fingerprint density at radius 3 is 2.33 bits per heavy atom. The molecule has 0 aromatic carbocycles. The molecule has 1 aliphatic carbocycles. The van der Waals surface area contributed by atoms with Gasteiger partial charge in [0.2, 0.25) is 0 Å². The molecule has 2 aliphatic rings. The van der Waals surface area contributed by atoms with Gasteiger partial charge in [-0.05, 0) is 26.7 Å². The summed E-state index contributed by atoms with van der Waals surface area (Å²) in [6.07, 6.45) is 3.02. The summed E-state index contributed by atoms with van der Waals surface area (Å²) in [7, 11) is 0. The molecule has 1 saturated heterocycles. The molecule has 0 aromatic rings. The van der Waals surface area contributed by atoms with Crippen molar-refractivity contribution in [2.45, 2.75) is 45.2 Å². The van der Waals surface area contributed by atoms with Crippen LogP contribution in [0.15, 0.2) is 0 Å². The summed E-state index contributed by atoms with van der Waals surface area (Å²) in [6, 6.07) is 0.908. The Balaban J connectivity index is 1.85. The standard InChI is InChI=1S/C12H22N2O/c1-10(2)13-6-8-14(9-7-13)11-4-3-5-12(11)15/h10-11H,3-9H2,1-2H3. The first-order chi connectivity index (χ1) is 7.18. The van der Waals surface area contributed by atoms with Crippen LogP contribution in [0.4, 0.5) is 0 Å². The van der Waals surface area contributed by atoms with E-state index >= 15 is 0 Å². The van der Waals surface area contributed by atoms with Gasteiger partial charge in [0.25, 0.3) is 0 Å². The van der Waals surface area contributed by atoms with E-state index in [0.717, 1.165) is 45.4 Å². The molecular weight excluding hydrogens is 188 g/mol. The molecule has 1 atom stereocenters. The molecule has 1 unspecified atom stereocenters. The Morgan fingerprint density at radius 1 is 1.20 bits per heavy atom. The zero-order valence-corrected chi connectivity index (χ0v) is 9.91. The third-order valence-corrected chi connectivity index (χ3v) is 3.79. The number of ketones is 1. The van der Waals surface area contributed by atoms with Gasteiger partial charge in [0, 0.05) is 38.6 Å². The van der Waals surface area contributed by atoms with E-state index in [0.29, 0.717) is 11.8 Å². The average Bonchev–Trinajstić information content (AvgIpc) is 2.65. The van der Waals surface area contributed by atoms with E-state index in [-0.39, 0.29) is 6.04 Å². The molecule has 15 heavy (non-hydrogen) atoms. The van der Waals surface area contributed by atoms with Crippen LogP contribution in [-0.2, 0) is 4.79 Å². The summed E-state index contributed by atoms with van der Waals surface area (Å²) in [5.41, 5.74) is 0. The van der Waals surface area contributed by atoms with Gasteiger partial charge in [-0.2, -0.15) is 0 Å². The average molecular weight is 210 g/mol.